The molecular formula is C23H26F2N4O4. The van der Waals surface area contributed by atoms with Crippen LogP contribution < -0.4 is 9.80 Å². The number of benzene rings is 1. The van der Waals surface area contributed by atoms with Gasteiger partial charge in [-0.15, -0.1) is 0 Å². The van der Waals surface area contributed by atoms with Crippen LogP contribution in [-0.2, 0) is 20.9 Å². The van der Waals surface area contributed by atoms with Gasteiger partial charge in [-0.25, -0.2) is 13.6 Å². The average Bonchev–Trinajstić information content (AvgIpc) is 3.01. The minimum Gasteiger partial charge on any atom is -0.444 e. The van der Waals surface area contributed by atoms with E-state index in [0.29, 0.717) is 32.6 Å². The summed E-state index contributed by atoms with van der Waals surface area (Å²) in [5.74, 6) is -1.53. The van der Waals surface area contributed by atoms with Crippen LogP contribution >= 0.6 is 0 Å². The third-order valence-electron chi connectivity index (χ3n) is 5.64. The molecule has 2 aromatic rings. The molecule has 33 heavy (non-hydrogen) atoms. The molecule has 0 aliphatic carbocycles. The van der Waals surface area contributed by atoms with Crippen LogP contribution in [0.3, 0.4) is 0 Å². The number of rotatable bonds is 7. The summed E-state index contributed by atoms with van der Waals surface area (Å²) < 4.78 is 35.3. The molecule has 2 saturated heterocycles. The number of carbonyl (C=O) groups excluding carboxylic acids is 2. The Labute approximate surface area is 190 Å². The van der Waals surface area contributed by atoms with Gasteiger partial charge in [-0.3, -0.25) is 14.7 Å². The van der Waals surface area contributed by atoms with E-state index in [1.54, 1.807) is 16.2 Å². The zero-order valence-corrected chi connectivity index (χ0v) is 18.4. The Morgan fingerprint density at radius 2 is 1.97 bits per heavy atom. The van der Waals surface area contributed by atoms with Crippen LogP contribution in [0.1, 0.15) is 25.5 Å². The first-order chi connectivity index (χ1) is 15.9. The molecule has 0 unspecified atom stereocenters. The predicted octanol–water partition coefficient (Wildman–Crippen LogP) is 3.31. The number of pyridine rings is 1. The number of anilines is 2. The van der Waals surface area contributed by atoms with E-state index >= 15 is 8.78 Å². The third-order valence-corrected chi connectivity index (χ3v) is 5.64. The maximum Gasteiger partial charge on any atom is 0.414 e. The number of ether oxygens (including phenoxy) is 1. The normalized spacial score (nSPS) is 19.5. The molecule has 10 heteroatoms. The maximum absolute atomic E-state index is 15.0. The minimum atomic E-state index is -0.761. The monoisotopic (exact) mass is 460 g/mol. The second-order valence-corrected chi connectivity index (χ2v) is 8.12. The zero-order valence-electron chi connectivity index (χ0n) is 18.4. The predicted molar refractivity (Wildman–Crippen MR) is 117 cm³/mol. The topological polar surface area (TPSA) is 75.2 Å². The van der Waals surface area contributed by atoms with E-state index in [4.69, 9.17) is 9.57 Å². The van der Waals surface area contributed by atoms with E-state index in [1.807, 2.05) is 18.2 Å². The lowest BCUT2D eigenvalue weighted by atomic mass is 10.1. The van der Waals surface area contributed by atoms with Crippen LogP contribution in [0.5, 0.6) is 0 Å². The fourth-order valence-electron chi connectivity index (χ4n) is 3.97. The fourth-order valence-corrected chi connectivity index (χ4v) is 3.97. The SMILES string of the molecule is CC(=O)CC[C@H]1CN(c2cc(F)c(N3CCON(Cc4ccccn4)CC3)c(F)c2)C(=O)O1. The van der Waals surface area contributed by atoms with Gasteiger partial charge < -0.3 is 14.4 Å². The number of hydrogen-bond acceptors (Lipinski definition) is 7. The summed E-state index contributed by atoms with van der Waals surface area (Å²) in [5, 5.41) is 1.73. The molecule has 3 heterocycles. The fraction of sp³-hybridized carbons (Fsp3) is 0.435. The molecule has 0 radical (unpaired) electrons. The molecule has 1 aromatic carbocycles. The van der Waals surface area contributed by atoms with Gasteiger partial charge in [-0.1, -0.05) is 6.07 Å². The van der Waals surface area contributed by atoms with Crippen LogP contribution in [0, 0.1) is 11.6 Å². The second-order valence-electron chi connectivity index (χ2n) is 8.12. The molecule has 2 fully saturated rings. The van der Waals surface area contributed by atoms with Gasteiger partial charge in [0.2, 0.25) is 0 Å². The first kappa shape index (κ1) is 23.1. The molecule has 1 aromatic heterocycles. The lowest BCUT2D eigenvalue weighted by Crippen LogP contribution is -2.32. The number of nitrogens with zero attached hydrogens (tertiary/aromatic N) is 4. The summed E-state index contributed by atoms with van der Waals surface area (Å²) in [5.41, 5.74) is 0.779. The molecule has 0 N–H and O–H groups in total. The van der Waals surface area contributed by atoms with Crippen LogP contribution in [0.2, 0.25) is 0 Å². The van der Waals surface area contributed by atoms with Crippen molar-refractivity contribution in [1.29, 1.82) is 0 Å². The maximum atomic E-state index is 15.0. The van der Waals surface area contributed by atoms with Crippen molar-refractivity contribution >= 4 is 23.3 Å². The van der Waals surface area contributed by atoms with Gasteiger partial charge in [0.25, 0.3) is 0 Å². The molecule has 1 amide bonds. The van der Waals surface area contributed by atoms with E-state index in [1.165, 1.54) is 11.8 Å². The van der Waals surface area contributed by atoms with Crippen LogP contribution in [-0.4, -0.2) is 60.8 Å². The van der Waals surface area contributed by atoms with E-state index in [9.17, 15) is 9.59 Å². The van der Waals surface area contributed by atoms with Crippen LogP contribution in [0.25, 0.3) is 0 Å². The highest BCUT2D eigenvalue weighted by Crippen LogP contribution is 2.32. The van der Waals surface area contributed by atoms with Gasteiger partial charge in [0.05, 0.1) is 31.1 Å². The molecule has 0 bridgehead atoms. The number of cyclic esters (lactones) is 1. The lowest BCUT2D eigenvalue weighted by Gasteiger charge is -2.24. The van der Waals surface area contributed by atoms with Crippen molar-refractivity contribution in [2.75, 3.05) is 42.6 Å². The van der Waals surface area contributed by atoms with Crippen molar-refractivity contribution in [1.82, 2.24) is 10.0 Å². The smallest absolute Gasteiger partial charge is 0.414 e. The van der Waals surface area contributed by atoms with Gasteiger partial charge >= 0.3 is 6.09 Å². The number of amides is 1. The summed E-state index contributed by atoms with van der Waals surface area (Å²) in [6.45, 7) is 3.45. The summed E-state index contributed by atoms with van der Waals surface area (Å²) in [6, 6.07) is 7.89. The van der Waals surface area contributed by atoms with Gasteiger partial charge in [0.1, 0.15) is 17.6 Å². The Morgan fingerprint density at radius 3 is 2.67 bits per heavy atom. The number of ketones is 1. The van der Waals surface area contributed by atoms with Crippen molar-refractivity contribution in [2.45, 2.75) is 32.4 Å². The van der Waals surface area contributed by atoms with Gasteiger partial charge in [-0.2, -0.15) is 5.06 Å². The van der Waals surface area contributed by atoms with Gasteiger partial charge in [-0.05, 0) is 25.5 Å². The quantitative estimate of drug-likeness (QED) is 0.628. The van der Waals surface area contributed by atoms with Crippen molar-refractivity contribution in [3.63, 3.8) is 0 Å². The molecule has 8 nitrogen and oxygen atoms in total. The van der Waals surface area contributed by atoms with E-state index in [0.717, 1.165) is 17.8 Å². The zero-order chi connectivity index (χ0) is 23.4. The summed E-state index contributed by atoms with van der Waals surface area (Å²) in [7, 11) is 0. The Balaban J connectivity index is 1.43. The summed E-state index contributed by atoms with van der Waals surface area (Å²) in [4.78, 5) is 36.2. The largest absolute Gasteiger partial charge is 0.444 e. The molecule has 4 rings (SSSR count). The van der Waals surface area contributed by atoms with Crippen molar-refractivity contribution < 1.29 is 27.9 Å². The minimum absolute atomic E-state index is 0.00836. The molecule has 0 saturated carbocycles. The van der Waals surface area contributed by atoms with Crippen LogP contribution in [0.15, 0.2) is 36.5 Å². The molecule has 2 aliphatic rings. The third kappa shape index (κ3) is 5.63. The summed E-state index contributed by atoms with van der Waals surface area (Å²) in [6.07, 6.45) is 1.20. The van der Waals surface area contributed by atoms with E-state index in [2.05, 4.69) is 4.98 Å². The molecule has 2 aliphatic heterocycles. The standard InChI is InChI=1S/C23H26F2N4O4/c1-16(30)5-6-19-15-29(23(31)33-19)18-12-20(24)22(21(25)13-18)27-8-9-28(32-11-10-27)14-17-4-2-3-7-26-17/h2-4,7,12-13,19H,5-6,8-11,14-15H2,1H3/t19-/m0/s1. The number of carbonyl (C=O) groups is 2. The van der Waals surface area contributed by atoms with Crippen LogP contribution in [0.4, 0.5) is 25.0 Å². The first-order valence-corrected chi connectivity index (χ1v) is 10.9. The van der Waals surface area contributed by atoms with Crippen molar-refractivity contribution in [3.8, 4) is 0 Å². The second kappa shape index (κ2) is 10.2. The van der Waals surface area contributed by atoms with Gasteiger partial charge in [0.15, 0.2) is 11.6 Å². The number of halogens is 2. The molecule has 0 spiro atoms. The average molecular weight is 460 g/mol. The van der Waals surface area contributed by atoms with E-state index in [-0.39, 0.29) is 36.7 Å². The van der Waals surface area contributed by atoms with E-state index < -0.39 is 23.8 Å². The molecular weight excluding hydrogens is 434 g/mol. The number of aromatic nitrogens is 1. The molecule has 1 atom stereocenters. The van der Waals surface area contributed by atoms with Gasteiger partial charge in [0, 0.05) is 44.4 Å². The Kier molecular flexibility index (Phi) is 7.14. The number of hydroxylamine groups is 2. The first-order valence-electron chi connectivity index (χ1n) is 10.9. The number of hydrogen-bond donors (Lipinski definition) is 0. The number of Topliss-reactive ketones (excluding diaryl/α,β-unsaturated/α-hetero) is 1. The van der Waals surface area contributed by atoms with Crippen molar-refractivity contribution in [3.05, 3.63) is 53.9 Å². The Hall–Kier alpha value is -3.11. The Morgan fingerprint density at radius 1 is 1.18 bits per heavy atom. The lowest BCUT2D eigenvalue weighted by molar-refractivity contribution is -0.155. The highest BCUT2D eigenvalue weighted by molar-refractivity contribution is 5.90. The highest BCUT2D eigenvalue weighted by atomic mass is 19.1. The molecule has 176 valence electrons. The highest BCUT2D eigenvalue weighted by Gasteiger charge is 2.33. The summed E-state index contributed by atoms with van der Waals surface area (Å²) >= 11 is 0. The van der Waals surface area contributed by atoms with Crippen molar-refractivity contribution in [2.24, 2.45) is 0 Å². The Bertz CT molecular complexity index is 984.